The molecule has 1 nitrogen and oxygen atoms in total. The number of hydrogen-bond donors (Lipinski definition) is 0. The summed E-state index contributed by atoms with van der Waals surface area (Å²) < 4.78 is 0. The molecule has 1 radical (unpaired) electrons. The fraction of sp³-hybridized carbons (Fsp3) is 0.0714. The second-order valence-corrected chi connectivity index (χ2v) is 2.56. The molecule has 0 saturated heterocycles. The molecule has 0 unspecified atom stereocenters. The Bertz CT molecular complexity index is 357. The Morgan fingerprint density at radius 2 is 1.56 bits per heavy atom. The van der Waals surface area contributed by atoms with Gasteiger partial charge in [-0.05, 0) is 0 Å². The molecule has 0 spiro atoms. The van der Waals surface area contributed by atoms with Gasteiger partial charge in [-0.3, -0.25) is 0 Å². The second-order valence-electron chi connectivity index (χ2n) is 2.56. The standard InChI is InChI=1S/C14H14O.Y/c1-5-9-12(8-4)14(15)13(10-6-2)11-7-3;/h5-8,11H,1-2,4H2,3H3;/q-2;/b11-7-;. The van der Waals surface area contributed by atoms with Crippen molar-refractivity contribution in [2.75, 3.05) is 0 Å². The minimum absolute atomic E-state index is 0. The van der Waals surface area contributed by atoms with Crippen LogP contribution >= 0.6 is 0 Å². The van der Waals surface area contributed by atoms with E-state index in [0.29, 0.717) is 11.1 Å². The number of ketones is 1. The Balaban J connectivity index is 0. The summed E-state index contributed by atoms with van der Waals surface area (Å²) in [6.07, 6.45) is 13.2. The Kier molecular flexibility index (Phi) is 11.8. The Morgan fingerprint density at radius 3 is 1.94 bits per heavy atom. The van der Waals surface area contributed by atoms with Crippen molar-refractivity contribution in [3.8, 4) is 0 Å². The van der Waals surface area contributed by atoms with Crippen molar-refractivity contribution >= 4 is 5.78 Å². The third-order valence-electron chi connectivity index (χ3n) is 1.54. The molecule has 2 heteroatoms. The van der Waals surface area contributed by atoms with Crippen LogP contribution in [0.4, 0.5) is 0 Å². The number of allylic oxidation sites excluding steroid dienone is 9. The van der Waals surface area contributed by atoms with Crippen LogP contribution in [0.1, 0.15) is 6.92 Å². The van der Waals surface area contributed by atoms with E-state index in [4.69, 9.17) is 0 Å². The normalized spacial score (nSPS) is 11.8. The number of carbonyl (C=O) groups is 1. The molecule has 0 amide bonds. The van der Waals surface area contributed by atoms with E-state index >= 15 is 0 Å². The van der Waals surface area contributed by atoms with E-state index in [1.165, 1.54) is 18.2 Å². The maximum atomic E-state index is 11.8. The van der Waals surface area contributed by atoms with Crippen LogP contribution in [0.15, 0.2) is 61.3 Å². The smallest absolute Gasteiger partial charge is 0.0895 e. The summed E-state index contributed by atoms with van der Waals surface area (Å²) in [6.45, 7) is 12.4. The summed E-state index contributed by atoms with van der Waals surface area (Å²) in [4.78, 5) is 11.8. The van der Waals surface area contributed by atoms with E-state index in [1.54, 1.807) is 12.2 Å². The van der Waals surface area contributed by atoms with Crippen LogP contribution in [-0.4, -0.2) is 5.78 Å². The van der Waals surface area contributed by atoms with Crippen LogP contribution in [0.5, 0.6) is 0 Å². The zero-order valence-corrected chi connectivity index (χ0v) is 12.3. The van der Waals surface area contributed by atoms with Gasteiger partial charge in [0.05, 0.1) is 5.78 Å². The molecule has 0 saturated carbocycles. The maximum absolute atomic E-state index is 11.8. The first-order chi connectivity index (χ1) is 7.21. The minimum atomic E-state index is -0.192. The van der Waals surface area contributed by atoms with Crippen LogP contribution in [0.2, 0.25) is 0 Å². The van der Waals surface area contributed by atoms with Crippen molar-refractivity contribution in [3.05, 3.63) is 73.4 Å². The SMILES string of the molecule is C=C[C-]=C(C=C)C(=O)C(=[C-]C=C)/C=C\C.[Y]. The average molecular weight is 287 g/mol. The minimum Gasteiger partial charge on any atom is -0.348 e. The third kappa shape index (κ3) is 5.94. The molecule has 0 heterocycles. The summed E-state index contributed by atoms with van der Waals surface area (Å²) in [5, 5.41) is 0. The molecule has 0 aliphatic heterocycles. The van der Waals surface area contributed by atoms with E-state index in [1.807, 2.05) is 6.92 Å². The van der Waals surface area contributed by atoms with Crippen molar-refractivity contribution in [2.24, 2.45) is 0 Å². The number of hydrogen-bond acceptors (Lipinski definition) is 1. The van der Waals surface area contributed by atoms with E-state index in [-0.39, 0.29) is 38.5 Å². The maximum Gasteiger partial charge on any atom is 0.0895 e. The molecule has 0 fully saturated rings. The predicted octanol–water partition coefficient (Wildman–Crippen LogP) is 3.15. The van der Waals surface area contributed by atoms with Gasteiger partial charge in [-0.25, -0.2) is 0 Å². The zero-order chi connectivity index (χ0) is 11.7. The summed E-state index contributed by atoms with van der Waals surface area (Å²) in [6, 6.07) is 0. The molecule has 81 valence electrons. The molecule has 0 aromatic heterocycles. The number of carbonyl (C=O) groups excluding carboxylic acids is 1. The van der Waals surface area contributed by atoms with Crippen molar-refractivity contribution in [3.63, 3.8) is 0 Å². The monoisotopic (exact) mass is 287 g/mol. The quantitative estimate of drug-likeness (QED) is 0.417. The van der Waals surface area contributed by atoms with Gasteiger partial charge in [0.2, 0.25) is 0 Å². The van der Waals surface area contributed by atoms with Gasteiger partial charge >= 0.3 is 0 Å². The van der Waals surface area contributed by atoms with Crippen LogP contribution in [0, 0.1) is 12.2 Å². The summed E-state index contributed by atoms with van der Waals surface area (Å²) in [5.74, 6) is -0.192. The van der Waals surface area contributed by atoms with E-state index < -0.39 is 0 Å². The van der Waals surface area contributed by atoms with E-state index in [0.717, 1.165) is 0 Å². The molecular weight excluding hydrogens is 273 g/mol. The second kappa shape index (κ2) is 10.7. The molecule has 0 N–H and O–H groups in total. The third-order valence-corrected chi connectivity index (χ3v) is 1.54. The molecule has 0 aromatic carbocycles. The van der Waals surface area contributed by atoms with Crippen LogP contribution < -0.4 is 0 Å². The Morgan fingerprint density at radius 1 is 1.06 bits per heavy atom. The molecule has 0 atom stereocenters. The molecule has 0 rings (SSSR count). The average Bonchev–Trinajstić information content (AvgIpc) is 2.24. The molecule has 0 bridgehead atoms. The molecule has 0 aliphatic carbocycles. The number of Topliss-reactive ketones (excluding diaryl/α,β-unsaturated/α-hetero) is 1. The Hall–Kier alpha value is -0.786. The van der Waals surface area contributed by atoms with E-state index in [9.17, 15) is 4.79 Å². The van der Waals surface area contributed by atoms with Crippen molar-refractivity contribution in [1.82, 2.24) is 0 Å². The van der Waals surface area contributed by atoms with Crippen LogP contribution in [-0.2, 0) is 37.5 Å². The fourth-order valence-corrected chi connectivity index (χ4v) is 0.938. The first kappa shape index (κ1) is 17.6. The summed E-state index contributed by atoms with van der Waals surface area (Å²) >= 11 is 0. The van der Waals surface area contributed by atoms with Gasteiger partial charge in [-0.15, -0.1) is 48.1 Å². The van der Waals surface area contributed by atoms with Crippen LogP contribution in [0.3, 0.4) is 0 Å². The van der Waals surface area contributed by atoms with Gasteiger partial charge in [0, 0.05) is 32.7 Å². The van der Waals surface area contributed by atoms with Crippen molar-refractivity contribution in [1.29, 1.82) is 0 Å². The molecular formula is C14H14OY-2. The summed E-state index contributed by atoms with van der Waals surface area (Å²) in [5.41, 5.74) is 0.796. The van der Waals surface area contributed by atoms with Gasteiger partial charge in [0.15, 0.2) is 0 Å². The molecule has 16 heavy (non-hydrogen) atoms. The van der Waals surface area contributed by atoms with Gasteiger partial charge in [0.1, 0.15) is 0 Å². The molecule has 0 aromatic rings. The van der Waals surface area contributed by atoms with Gasteiger partial charge < -0.3 is 4.79 Å². The van der Waals surface area contributed by atoms with E-state index in [2.05, 4.69) is 31.9 Å². The van der Waals surface area contributed by atoms with Gasteiger partial charge in [-0.1, -0.05) is 6.92 Å². The largest absolute Gasteiger partial charge is 0.348 e. The zero-order valence-electron chi connectivity index (χ0n) is 9.49. The van der Waals surface area contributed by atoms with Crippen LogP contribution in [0.25, 0.3) is 0 Å². The fourth-order valence-electron chi connectivity index (χ4n) is 0.938. The summed E-state index contributed by atoms with van der Waals surface area (Å²) in [7, 11) is 0. The van der Waals surface area contributed by atoms with Crippen molar-refractivity contribution in [2.45, 2.75) is 6.92 Å². The number of rotatable bonds is 6. The topological polar surface area (TPSA) is 17.1 Å². The Labute approximate surface area is 123 Å². The first-order valence-electron chi connectivity index (χ1n) is 4.49. The van der Waals surface area contributed by atoms with Crippen molar-refractivity contribution < 1.29 is 37.5 Å². The van der Waals surface area contributed by atoms with Gasteiger partial charge in [-0.2, -0.15) is 25.3 Å². The predicted molar refractivity (Wildman–Crippen MR) is 63.9 cm³/mol. The van der Waals surface area contributed by atoms with Gasteiger partial charge in [0.25, 0.3) is 0 Å². The first-order valence-corrected chi connectivity index (χ1v) is 4.49. The molecule has 0 aliphatic rings.